The van der Waals surface area contributed by atoms with Crippen LogP contribution < -0.4 is 0 Å². The van der Waals surface area contributed by atoms with Gasteiger partial charge in [-0.2, -0.15) is 0 Å². The van der Waals surface area contributed by atoms with Crippen LogP contribution in [0.15, 0.2) is 124 Å². The predicted molar refractivity (Wildman–Crippen MR) is 171 cm³/mol. The summed E-state index contributed by atoms with van der Waals surface area (Å²) in [7, 11) is 0. The summed E-state index contributed by atoms with van der Waals surface area (Å²) in [5.74, 6) is 0.460. The van der Waals surface area contributed by atoms with Crippen LogP contribution in [0.5, 0.6) is 0 Å². The van der Waals surface area contributed by atoms with Gasteiger partial charge in [-0.15, -0.1) is 0 Å². The molecular formula is C38H32N2O4. The van der Waals surface area contributed by atoms with Gasteiger partial charge in [-0.05, 0) is 52.3 Å². The Labute approximate surface area is 255 Å². The molecule has 44 heavy (non-hydrogen) atoms. The van der Waals surface area contributed by atoms with E-state index in [0.717, 1.165) is 27.6 Å². The highest BCUT2D eigenvalue weighted by Gasteiger charge is 2.34. The molecule has 1 fully saturated rings. The van der Waals surface area contributed by atoms with Crippen molar-refractivity contribution >= 4 is 33.7 Å². The van der Waals surface area contributed by atoms with Crippen molar-refractivity contribution in [3.63, 3.8) is 0 Å². The van der Waals surface area contributed by atoms with E-state index < -0.39 is 0 Å². The molecule has 0 bridgehead atoms. The number of aromatic nitrogens is 1. The summed E-state index contributed by atoms with van der Waals surface area (Å²) in [6.07, 6.45) is 2.25. The van der Waals surface area contributed by atoms with Gasteiger partial charge in [0.15, 0.2) is 11.6 Å². The van der Waals surface area contributed by atoms with E-state index in [1.165, 1.54) is 0 Å². The van der Waals surface area contributed by atoms with E-state index in [0.29, 0.717) is 48.4 Å². The molecule has 4 aromatic carbocycles. The first-order valence-corrected chi connectivity index (χ1v) is 15.2. The average Bonchev–Trinajstić information content (AvgIpc) is 3.48. The summed E-state index contributed by atoms with van der Waals surface area (Å²) < 4.78 is 5.65. The number of aliphatic hydroxyl groups is 1. The topological polar surface area (TPSA) is 92.8 Å². The Morgan fingerprint density at radius 3 is 2.11 bits per heavy atom. The third-order valence-electron chi connectivity index (χ3n) is 8.84. The average molecular weight is 581 g/mol. The maximum Gasteiger partial charge on any atom is 0.168 e. The van der Waals surface area contributed by atoms with Crippen molar-refractivity contribution in [1.29, 1.82) is 0 Å². The number of hydrogen-bond donors (Lipinski definition) is 1. The molecule has 1 saturated carbocycles. The minimum absolute atomic E-state index is 0.00139. The second kappa shape index (κ2) is 11.9. The first-order valence-electron chi connectivity index (χ1n) is 15.2. The second-order valence-electron chi connectivity index (χ2n) is 11.7. The highest BCUT2D eigenvalue weighted by molar-refractivity contribution is 6.25. The number of aliphatic imine (C=N–C) groups is 1. The van der Waals surface area contributed by atoms with Gasteiger partial charge in [-0.3, -0.25) is 14.6 Å². The van der Waals surface area contributed by atoms with E-state index in [4.69, 9.17) is 9.52 Å². The number of hydrogen-bond acceptors (Lipinski definition) is 6. The lowest BCUT2D eigenvalue weighted by Crippen LogP contribution is -2.26. The van der Waals surface area contributed by atoms with Crippen LogP contribution in [-0.4, -0.2) is 27.5 Å². The Morgan fingerprint density at radius 1 is 0.750 bits per heavy atom. The number of aryl methyl sites for hydroxylation is 1. The van der Waals surface area contributed by atoms with Crippen LogP contribution in [0.25, 0.3) is 10.8 Å². The van der Waals surface area contributed by atoms with E-state index in [-0.39, 0.29) is 47.6 Å². The third-order valence-corrected chi connectivity index (χ3v) is 8.84. The van der Waals surface area contributed by atoms with E-state index in [1.807, 2.05) is 103 Å². The van der Waals surface area contributed by atoms with Gasteiger partial charge in [0.05, 0.1) is 28.2 Å². The molecular weight excluding hydrogens is 548 g/mol. The van der Waals surface area contributed by atoms with Crippen LogP contribution in [0.1, 0.15) is 70.5 Å². The Kier molecular flexibility index (Phi) is 7.49. The van der Waals surface area contributed by atoms with Gasteiger partial charge in [-0.1, -0.05) is 96.2 Å². The van der Waals surface area contributed by atoms with Crippen molar-refractivity contribution in [2.75, 3.05) is 0 Å². The van der Waals surface area contributed by atoms with Gasteiger partial charge >= 0.3 is 0 Å². The quantitative estimate of drug-likeness (QED) is 0.161. The smallest absolute Gasteiger partial charge is 0.168 e. The van der Waals surface area contributed by atoms with Gasteiger partial charge in [0.2, 0.25) is 0 Å². The number of carbonyl (C=O) groups excluding carboxylic acids is 2. The molecule has 2 unspecified atom stereocenters. The lowest BCUT2D eigenvalue weighted by atomic mass is 9.78. The highest BCUT2D eigenvalue weighted by atomic mass is 16.5. The first-order chi connectivity index (χ1) is 21.5. The maximum absolute atomic E-state index is 13.7. The molecule has 2 aliphatic carbocycles. The largest absolute Gasteiger partial charge is 0.511 e. The molecule has 0 spiro atoms. The van der Waals surface area contributed by atoms with Crippen molar-refractivity contribution in [3.05, 3.63) is 143 Å². The Balaban J connectivity index is 1.18. The Morgan fingerprint density at radius 2 is 1.39 bits per heavy atom. The van der Waals surface area contributed by atoms with E-state index in [9.17, 15) is 14.7 Å². The van der Waals surface area contributed by atoms with Crippen LogP contribution >= 0.6 is 0 Å². The number of rotatable bonds is 6. The van der Waals surface area contributed by atoms with Crippen molar-refractivity contribution in [2.24, 2.45) is 4.99 Å². The summed E-state index contributed by atoms with van der Waals surface area (Å²) in [4.78, 5) is 31.8. The zero-order valence-corrected chi connectivity index (χ0v) is 24.3. The normalized spacial score (nSPS) is 20.6. The number of allylic oxidation sites excluding steroid dienone is 2. The fourth-order valence-electron chi connectivity index (χ4n) is 6.62. The Bertz CT molecular complexity index is 1920. The monoisotopic (exact) mass is 580 g/mol. The molecule has 5 aromatic rings. The molecule has 7 rings (SSSR count). The summed E-state index contributed by atoms with van der Waals surface area (Å²) in [6, 6.07) is 34.0. The minimum Gasteiger partial charge on any atom is -0.511 e. The molecule has 2 aliphatic rings. The number of carbonyl (C=O) groups is 2. The lowest BCUT2D eigenvalue weighted by molar-refractivity contribution is -0.116. The van der Waals surface area contributed by atoms with Crippen LogP contribution in [0.2, 0.25) is 0 Å². The van der Waals surface area contributed by atoms with Crippen molar-refractivity contribution in [1.82, 2.24) is 5.16 Å². The molecule has 0 amide bonds. The number of fused-ring (bicyclic) bond motifs is 2. The van der Waals surface area contributed by atoms with Crippen LogP contribution in [0.4, 0.5) is 5.69 Å². The minimum atomic E-state index is -0.133. The van der Waals surface area contributed by atoms with Gasteiger partial charge < -0.3 is 9.63 Å². The van der Waals surface area contributed by atoms with E-state index in [2.05, 4.69) is 5.16 Å². The number of benzene rings is 4. The first kappa shape index (κ1) is 27.7. The second-order valence-corrected chi connectivity index (χ2v) is 11.7. The van der Waals surface area contributed by atoms with Crippen molar-refractivity contribution in [3.8, 4) is 0 Å². The fourth-order valence-corrected chi connectivity index (χ4v) is 6.62. The third kappa shape index (κ3) is 5.51. The van der Waals surface area contributed by atoms with Crippen molar-refractivity contribution < 1.29 is 19.2 Å². The number of aliphatic hydroxyl groups excluding tert-OH is 1. The van der Waals surface area contributed by atoms with Crippen LogP contribution in [0.3, 0.4) is 0 Å². The maximum atomic E-state index is 13.7. The molecule has 0 saturated heterocycles. The van der Waals surface area contributed by atoms with E-state index >= 15 is 0 Å². The van der Waals surface area contributed by atoms with E-state index in [1.54, 1.807) is 0 Å². The lowest BCUT2D eigenvalue weighted by Gasteiger charge is -2.26. The molecule has 1 heterocycles. The van der Waals surface area contributed by atoms with Crippen molar-refractivity contribution in [2.45, 2.75) is 50.4 Å². The Hall–Kier alpha value is -5.10. The summed E-state index contributed by atoms with van der Waals surface area (Å²) in [5.41, 5.74) is 4.82. The highest BCUT2D eigenvalue weighted by Crippen LogP contribution is 2.37. The molecule has 1 N–H and O–H groups in total. The molecule has 2 atom stereocenters. The van der Waals surface area contributed by atoms with Gasteiger partial charge in [0, 0.05) is 32.1 Å². The SMILES string of the molecule is O=C1CC(c2ccccc2)CC(=Nc2ccc3ccccc3c2)C1=C(O)CCc1noc2c1C(=O)CC(c1ccccc1)C2. The number of ketones is 2. The van der Waals surface area contributed by atoms with Gasteiger partial charge in [0.1, 0.15) is 11.5 Å². The molecule has 0 aliphatic heterocycles. The standard InChI is InChI=1S/C38H32N2O4/c41-33(18-17-31-38-35(43)22-29(23-36(38)44-40-31)25-11-5-2-6-12-25)37-32(20-28(21-34(37)42)24-9-3-1-4-10-24)39-30-16-15-26-13-7-8-14-27(26)19-30/h1-16,19,28-29,41H,17-18,20-23H2. The molecule has 1 aromatic heterocycles. The predicted octanol–water partition coefficient (Wildman–Crippen LogP) is 8.40. The fraction of sp³-hybridized carbons (Fsp3) is 0.211. The molecule has 6 nitrogen and oxygen atoms in total. The summed E-state index contributed by atoms with van der Waals surface area (Å²) in [6.45, 7) is 0. The van der Waals surface area contributed by atoms with Gasteiger partial charge in [-0.25, -0.2) is 0 Å². The van der Waals surface area contributed by atoms with Gasteiger partial charge in [0.25, 0.3) is 0 Å². The summed E-state index contributed by atoms with van der Waals surface area (Å²) >= 11 is 0. The zero-order chi connectivity index (χ0) is 30.0. The molecule has 218 valence electrons. The zero-order valence-electron chi connectivity index (χ0n) is 24.3. The molecule has 0 radical (unpaired) electrons. The van der Waals surface area contributed by atoms with Crippen LogP contribution in [0, 0.1) is 0 Å². The number of nitrogens with zero attached hydrogens (tertiary/aromatic N) is 2. The molecule has 6 heteroatoms. The number of Topliss-reactive ketones (excluding diaryl/α,β-unsaturated/α-hetero) is 2. The summed E-state index contributed by atoms with van der Waals surface area (Å²) in [5, 5.41) is 17.8. The van der Waals surface area contributed by atoms with Crippen LogP contribution in [-0.2, 0) is 17.6 Å².